The molecule has 0 aliphatic heterocycles. The molecule has 22 heavy (non-hydrogen) atoms. The molecule has 1 aromatic carbocycles. The summed E-state index contributed by atoms with van der Waals surface area (Å²) in [5.74, 6) is 0.0634. The number of nitrogens with zero attached hydrogens (tertiary/aromatic N) is 1. The smallest absolute Gasteiger partial charge is 0.265 e. The fourth-order valence-electron chi connectivity index (χ4n) is 2.87. The maximum Gasteiger partial charge on any atom is 0.265 e. The van der Waals surface area contributed by atoms with Crippen LogP contribution in [0.25, 0.3) is 16.0 Å². The fourth-order valence-corrected chi connectivity index (χ4v) is 4.15. The van der Waals surface area contributed by atoms with Crippen LogP contribution in [0.15, 0.2) is 35.1 Å². The van der Waals surface area contributed by atoms with Crippen molar-refractivity contribution in [2.75, 3.05) is 0 Å². The van der Waals surface area contributed by atoms with Crippen molar-refractivity contribution in [2.24, 2.45) is 0 Å². The second-order valence-electron chi connectivity index (χ2n) is 5.69. The van der Waals surface area contributed by atoms with Gasteiger partial charge in [0, 0.05) is 4.88 Å². The standard InChI is InChI=1S/C17H13ClFNOS/c1-9-16(18)20-14(22-9)8-13(10-5-6-10)15(17(20)21)11-3-2-4-12(19)7-11/h2-4,7-8,10H,5-6H2,1H3. The number of hydrogen-bond acceptors (Lipinski definition) is 2. The van der Waals surface area contributed by atoms with E-state index in [9.17, 15) is 9.18 Å². The van der Waals surface area contributed by atoms with Crippen LogP contribution in [0.2, 0.25) is 5.15 Å². The van der Waals surface area contributed by atoms with Crippen LogP contribution in [0.3, 0.4) is 0 Å². The highest BCUT2D eigenvalue weighted by Crippen LogP contribution is 2.44. The van der Waals surface area contributed by atoms with Crippen LogP contribution in [0.4, 0.5) is 4.39 Å². The summed E-state index contributed by atoms with van der Waals surface area (Å²) in [6, 6.07) is 8.27. The van der Waals surface area contributed by atoms with Crippen molar-refractivity contribution in [1.82, 2.24) is 4.40 Å². The van der Waals surface area contributed by atoms with Crippen LogP contribution in [0.1, 0.15) is 29.2 Å². The monoisotopic (exact) mass is 333 g/mol. The van der Waals surface area contributed by atoms with Gasteiger partial charge in [-0.25, -0.2) is 4.39 Å². The number of aryl methyl sites for hydroxylation is 1. The highest BCUT2D eigenvalue weighted by molar-refractivity contribution is 7.17. The summed E-state index contributed by atoms with van der Waals surface area (Å²) in [6.45, 7) is 1.90. The van der Waals surface area contributed by atoms with Gasteiger partial charge in [-0.15, -0.1) is 11.3 Å². The molecular formula is C17H13ClFNOS. The molecule has 5 heteroatoms. The predicted molar refractivity (Wildman–Crippen MR) is 88.7 cm³/mol. The Bertz CT molecular complexity index is 955. The predicted octanol–water partition coefficient (Wildman–Crippen LogP) is 5.01. The Labute approximate surface area is 135 Å². The lowest BCUT2D eigenvalue weighted by molar-refractivity contribution is 0.628. The molecule has 1 fully saturated rings. The zero-order chi connectivity index (χ0) is 15.4. The minimum Gasteiger partial charge on any atom is -0.268 e. The number of benzene rings is 1. The number of rotatable bonds is 2. The molecule has 0 spiro atoms. The molecule has 4 rings (SSSR count). The quantitative estimate of drug-likeness (QED) is 0.646. The van der Waals surface area contributed by atoms with Crippen LogP contribution in [0.5, 0.6) is 0 Å². The molecule has 0 saturated heterocycles. The van der Waals surface area contributed by atoms with E-state index in [1.165, 1.54) is 27.9 Å². The number of hydrogen-bond donors (Lipinski definition) is 0. The third-order valence-electron chi connectivity index (χ3n) is 4.08. The number of halogens is 2. The molecule has 2 nitrogen and oxygen atoms in total. The molecule has 1 saturated carbocycles. The lowest BCUT2D eigenvalue weighted by Gasteiger charge is -2.10. The molecule has 2 aromatic heterocycles. The average Bonchev–Trinajstić information content (AvgIpc) is 3.26. The Morgan fingerprint density at radius 1 is 1.32 bits per heavy atom. The van der Waals surface area contributed by atoms with Gasteiger partial charge < -0.3 is 0 Å². The van der Waals surface area contributed by atoms with Gasteiger partial charge in [0.05, 0.1) is 5.56 Å². The Kier molecular flexibility index (Phi) is 3.13. The van der Waals surface area contributed by atoms with E-state index in [1.807, 2.05) is 13.0 Å². The minimum atomic E-state index is -0.337. The molecule has 2 heterocycles. The van der Waals surface area contributed by atoms with Crippen molar-refractivity contribution in [1.29, 1.82) is 0 Å². The summed E-state index contributed by atoms with van der Waals surface area (Å²) in [4.78, 5) is 14.8. The third-order valence-corrected chi connectivity index (χ3v) is 5.65. The summed E-state index contributed by atoms with van der Waals surface area (Å²) in [6.07, 6.45) is 2.16. The maximum absolute atomic E-state index is 13.6. The van der Waals surface area contributed by atoms with Gasteiger partial charge >= 0.3 is 0 Å². The van der Waals surface area contributed by atoms with E-state index in [0.717, 1.165) is 28.1 Å². The van der Waals surface area contributed by atoms with E-state index in [0.29, 0.717) is 22.2 Å². The minimum absolute atomic E-state index is 0.153. The van der Waals surface area contributed by atoms with Crippen LogP contribution in [-0.4, -0.2) is 4.40 Å². The van der Waals surface area contributed by atoms with Crippen molar-refractivity contribution in [2.45, 2.75) is 25.7 Å². The van der Waals surface area contributed by atoms with Crippen molar-refractivity contribution in [3.63, 3.8) is 0 Å². The first-order valence-corrected chi connectivity index (χ1v) is 8.36. The van der Waals surface area contributed by atoms with Crippen LogP contribution in [0, 0.1) is 12.7 Å². The van der Waals surface area contributed by atoms with E-state index in [4.69, 9.17) is 11.6 Å². The lowest BCUT2D eigenvalue weighted by atomic mass is 9.98. The first kappa shape index (κ1) is 14.0. The molecule has 3 aromatic rings. The van der Waals surface area contributed by atoms with E-state index in [-0.39, 0.29) is 11.4 Å². The normalized spacial score (nSPS) is 14.7. The van der Waals surface area contributed by atoms with Gasteiger partial charge in [0.15, 0.2) is 0 Å². The molecule has 1 aliphatic carbocycles. The van der Waals surface area contributed by atoms with Gasteiger partial charge in [0.25, 0.3) is 5.56 Å². The number of pyridine rings is 1. The third kappa shape index (κ3) is 2.09. The van der Waals surface area contributed by atoms with E-state index >= 15 is 0 Å². The topological polar surface area (TPSA) is 21.5 Å². The summed E-state index contributed by atoms with van der Waals surface area (Å²) < 4.78 is 15.1. The largest absolute Gasteiger partial charge is 0.268 e. The maximum atomic E-state index is 13.6. The SMILES string of the molecule is Cc1sc2cc(C3CC3)c(-c3cccc(F)c3)c(=O)n2c1Cl. The molecule has 0 radical (unpaired) electrons. The molecule has 112 valence electrons. The van der Waals surface area contributed by atoms with Crippen LogP contribution < -0.4 is 5.56 Å². The van der Waals surface area contributed by atoms with Crippen molar-refractivity contribution >= 4 is 27.8 Å². The number of fused-ring (bicyclic) bond motifs is 1. The van der Waals surface area contributed by atoms with Crippen LogP contribution in [-0.2, 0) is 0 Å². The summed E-state index contributed by atoms with van der Waals surface area (Å²) in [7, 11) is 0. The number of aromatic nitrogens is 1. The fraction of sp³-hybridized carbons (Fsp3) is 0.235. The van der Waals surface area contributed by atoms with Gasteiger partial charge in [0.1, 0.15) is 15.8 Å². The number of thiazole rings is 1. The zero-order valence-corrected chi connectivity index (χ0v) is 13.5. The van der Waals surface area contributed by atoms with Crippen molar-refractivity contribution in [3.05, 3.63) is 62.1 Å². The second kappa shape index (κ2) is 4.93. The zero-order valence-electron chi connectivity index (χ0n) is 11.9. The first-order valence-electron chi connectivity index (χ1n) is 7.17. The Hall–Kier alpha value is -1.65. The van der Waals surface area contributed by atoms with Crippen LogP contribution >= 0.6 is 22.9 Å². The summed E-state index contributed by atoms with van der Waals surface area (Å²) in [5.41, 5.74) is 2.08. The van der Waals surface area contributed by atoms with Gasteiger partial charge in [-0.05, 0) is 55.0 Å². The Morgan fingerprint density at radius 3 is 2.77 bits per heavy atom. The molecular weight excluding hydrogens is 321 g/mol. The molecule has 0 N–H and O–H groups in total. The molecule has 0 bridgehead atoms. The van der Waals surface area contributed by atoms with Crippen molar-refractivity contribution in [3.8, 4) is 11.1 Å². The molecule has 0 unspecified atom stereocenters. The summed E-state index contributed by atoms with van der Waals surface area (Å²) in [5, 5.41) is 0.449. The van der Waals surface area contributed by atoms with Crippen molar-refractivity contribution < 1.29 is 4.39 Å². The van der Waals surface area contributed by atoms with Gasteiger partial charge in [-0.1, -0.05) is 23.7 Å². The van der Waals surface area contributed by atoms with E-state index in [1.54, 1.807) is 12.1 Å². The van der Waals surface area contributed by atoms with Gasteiger partial charge in [-0.3, -0.25) is 9.20 Å². The van der Waals surface area contributed by atoms with Gasteiger partial charge in [0.2, 0.25) is 0 Å². The highest BCUT2D eigenvalue weighted by Gasteiger charge is 2.29. The highest BCUT2D eigenvalue weighted by atomic mass is 35.5. The van der Waals surface area contributed by atoms with Gasteiger partial charge in [-0.2, -0.15) is 0 Å². The Morgan fingerprint density at radius 2 is 2.09 bits per heavy atom. The lowest BCUT2D eigenvalue weighted by Crippen LogP contribution is -2.17. The Balaban J connectivity index is 2.11. The van der Waals surface area contributed by atoms with E-state index < -0.39 is 0 Å². The molecule has 1 aliphatic rings. The second-order valence-corrected chi connectivity index (χ2v) is 7.28. The van der Waals surface area contributed by atoms with E-state index in [2.05, 4.69) is 0 Å². The summed E-state index contributed by atoms with van der Waals surface area (Å²) >= 11 is 7.80. The molecule has 0 atom stereocenters. The average molecular weight is 334 g/mol. The molecule has 0 amide bonds. The first-order chi connectivity index (χ1) is 10.6.